The number of carbonyl (C=O) groups excluding carboxylic acids is 2. The van der Waals surface area contributed by atoms with Gasteiger partial charge in [-0.15, -0.1) is 11.3 Å². The van der Waals surface area contributed by atoms with Gasteiger partial charge in [0.2, 0.25) is 5.91 Å². The van der Waals surface area contributed by atoms with Gasteiger partial charge in [0.15, 0.2) is 0 Å². The van der Waals surface area contributed by atoms with Gasteiger partial charge in [-0.1, -0.05) is 20.8 Å². The molecule has 1 aliphatic heterocycles. The average molecular weight is 295 g/mol. The maximum absolute atomic E-state index is 12.3. The van der Waals surface area contributed by atoms with E-state index in [1.165, 1.54) is 11.3 Å². The molecule has 0 saturated carbocycles. The number of amides is 2. The fourth-order valence-electron chi connectivity index (χ4n) is 2.21. The molecule has 2 amide bonds. The molecule has 0 radical (unpaired) electrons. The second kappa shape index (κ2) is 5.52. The predicted molar refractivity (Wildman–Crippen MR) is 78.8 cm³/mol. The van der Waals surface area contributed by atoms with Gasteiger partial charge < -0.3 is 9.80 Å². The van der Waals surface area contributed by atoms with Crippen molar-refractivity contribution in [3.8, 4) is 0 Å². The van der Waals surface area contributed by atoms with Crippen LogP contribution in [0.15, 0.2) is 5.38 Å². The molecule has 1 aromatic rings. The number of piperazine rings is 1. The van der Waals surface area contributed by atoms with E-state index < -0.39 is 0 Å². The Morgan fingerprint density at radius 3 is 2.15 bits per heavy atom. The highest BCUT2D eigenvalue weighted by molar-refractivity contribution is 7.09. The molecule has 20 heavy (non-hydrogen) atoms. The van der Waals surface area contributed by atoms with Crippen LogP contribution in [0.5, 0.6) is 0 Å². The van der Waals surface area contributed by atoms with E-state index in [2.05, 4.69) is 4.98 Å². The predicted octanol–water partition coefficient (Wildman–Crippen LogP) is 1.78. The second-order valence-electron chi connectivity index (χ2n) is 6.09. The smallest absolute Gasteiger partial charge is 0.273 e. The molecule has 0 aliphatic carbocycles. The topological polar surface area (TPSA) is 53.5 Å². The highest BCUT2D eigenvalue weighted by Crippen LogP contribution is 2.19. The summed E-state index contributed by atoms with van der Waals surface area (Å²) < 4.78 is 0. The van der Waals surface area contributed by atoms with Crippen LogP contribution in [0.25, 0.3) is 0 Å². The number of aryl methyl sites for hydroxylation is 1. The molecule has 0 bridgehead atoms. The molecule has 0 aromatic carbocycles. The first kappa shape index (κ1) is 15.0. The number of hydrogen-bond acceptors (Lipinski definition) is 4. The summed E-state index contributed by atoms with van der Waals surface area (Å²) in [5, 5.41) is 2.69. The zero-order chi connectivity index (χ0) is 14.9. The van der Waals surface area contributed by atoms with Gasteiger partial charge in [-0.2, -0.15) is 0 Å². The molecule has 1 saturated heterocycles. The summed E-state index contributed by atoms with van der Waals surface area (Å²) in [5.74, 6) is 0.117. The van der Waals surface area contributed by atoms with Gasteiger partial charge in [0.1, 0.15) is 5.69 Å². The maximum atomic E-state index is 12.3. The molecule has 1 aromatic heterocycles. The van der Waals surface area contributed by atoms with Crippen LogP contribution >= 0.6 is 11.3 Å². The third-order valence-corrected chi connectivity index (χ3v) is 4.11. The van der Waals surface area contributed by atoms with Crippen LogP contribution in [0.3, 0.4) is 0 Å². The van der Waals surface area contributed by atoms with E-state index in [1.807, 2.05) is 32.6 Å². The maximum Gasteiger partial charge on any atom is 0.273 e. The van der Waals surface area contributed by atoms with Crippen LogP contribution in [-0.2, 0) is 4.79 Å². The standard InChI is InChI=1S/C14H21N3O2S/c1-10-15-11(9-20-10)12(18)16-5-7-17(8-6-16)13(19)14(2,3)4/h9H,5-8H2,1-4H3. The zero-order valence-electron chi connectivity index (χ0n) is 12.5. The molecule has 2 heterocycles. The van der Waals surface area contributed by atoms with Gasteiger partial charge in [-0.05, 0) is 6.92 Å². The number of nitrogens with zero attached hydrogens (tertiary/aromatic N) is 3. The van der Waals surface area contributed by atoms with Crippen LogP contribution in [0.1, 0.15) is 36.3 Å². The highest BCUT2D eigenvalue weighted by Gasteiger charge is 2.31. The summed E-state index contributed by atoms with van der Waals surface area (Å²) in [6.07, 6.45) is 0. The quantitative estimate of drug-likeness (QED) is 0.793. The van der Waals surface area contributed by atoms with E-state index in [-0.39, 0.29) is 17.2 Å². The average Bonchev–Trinajstić information content (AvgIpc) is 2.83. The minimum atomic E-state index is -0.363. The summed E-state index contributed by atoms with van der Waals surface area (Å²) in [4.78, 5) is 32.3. The van der Waals surface area contributed by atoms with Crippen molar-refractivity contribution in [1.82, 2.24) is 14.8 Å². The molecule has 0 spiro atoms. The Bertz CT molecular complexity index is 511. The van der Waals surface area contributed by atoms with Crippen LogP contribution in [-0.4, -0.2) is 52.8 Å². The molecule has 5 nitrogen and oxygen atoms in total. The lowest BCUT2D eigenvalue weighted by molar-refractivity contribution is -0.140. The summed E-state index contributed by atoms with van der Waals surface area (Å²) >= 11 is 1.48. The van der Waals surface area contributed by atoms with Gasteiger partial charge in [-0.25, -0.2) is 4.98 Å². The Morgan fingerprint density at radius 2 is 1.70 bits per heavy atom. The van der Waals surface area contributed by atoms with E-state index in [0.29, 0.717) is 31.9 Å². The number of hydrogen-bond donors (Lipinski definition) is 0. The van der Waals surface area contributed by atoms with Crippen LogP contribution < -0.4 is 0 Å². The van der Waals surface area contributed by atoms with Crippen molar-refractivity contribution < 1.29 is 9.59 Å². The molecular formula is C14H21N3O2S. The molecule has 0 N–H and O–H groups in total. The van der Waals surface area contributed by atoms with Crippen LogP contribution in [0, 0.1) is 12.3 Å². The van der Waals surface area contributed by atoms with Crippen molar-refractivity contribution in [2.24, 2.45) is 5.41 Å². The van der Waals surface area contributed by atoms with E-state index in [9.17, 15) is 9.59 Å². The Labute approximate surface area is 123 Å². The minimum absolute atomic E-state index is 0.0304. The lowest BCUT2D eigenvalue weighted by atomic mass is 9.94. The summed E-state index contributed by atoms with van der Waals surface area (Å²) in [6.45, 7) is 10.0. The largest absolute Gasteiger partial charge is 0.339 e. The lowest BCUT2D eigenvalue weighted by Crippen LogP contribution is -2.53. The first-order chi connectivity index (χ1) is 9.29. The van der Waals surface area contributed by atoms with E-state index >= 15 is 0 Å². The van der Waals surface area contributed by atoms with Gasteiger partial charge in [0, 0.05) is 37.0 Å². The van der Waals surface area contributed by atoms with Crippen LogP contribution in [0.2, 0.25) is 0 Å². The molecular weight excluding hydrogens is 274 g/mol. The molecule has 2 rings (SSSR count). The van der Waals surface area contributed by atoms with Gasteiger partial charge in [0.05, 0.1) is 5.01 Å². The summed E-state index contributed by atoms with van der Waals surface area (Å²) in [7, 11) is 0. The van der Waals surface area contributed by atoms with Gasteiger partial charge in [-0.3, -0.25) is 9.59 Å². The molecule has 110 valence electrons. The summed E-state index contributed by atoms with van der Waals surface area (Å²) in [6, 6.07) is 0. The third-order valence-electron chi connectivity index (χ3n) is 3.33. The number of rotatable bonds is 1. The molecule has 0 atom stereocenters. The fraction of sp³-hybridized carbons (Fsp3) is 0.643. The Morgan fingerprint density at radius 1 is 1.15 bits per heavy atom. The van der Waals surface area contributed by atoms with Gasteiger partial charge in [0.25, 0.3) is 5.91 Å². The Kier molecular flexibility index (Phi) is 4.13. The number of aromatic nitrogens is 1. The first-order valence-electron chi connectivity index (χ1n) is 6.80. The Hall–Kier alpha value is -1.43. The monoisotopic (exact) mass is 295 g/mol. The van der Waals surface area contributed by atoms with E-state index in [0.717, 1.165) is 5.01 Å². The van der Waals surface area contributed by atoms with Crippen LogP contribution in [0.4, 0.5) is 0 Å². The normalized spacial score (nSPS) is 16.4. The SMILES string of the molecule is Cc1nc(C(=O)N2CCN(C(=O)C(C)(C)C)CC2)cs1. The molecule has 1 fully saturated rings. The minimum Gasteiger partial charge on any atom is -0.339 e. The first-order valence-corrected chi connectivity index (χ1v) is 7.68. The molecule has 1 aliphatic rings. The number of carbonyl (C=O) groups is 2. The Balaban J connectivity index is 1.95. The van der Waals surface area contributed by atoms with Crippen molar-refractivity contribution in [1.29, 1.82) is 0 Å². The van der Waals surface area contributed by atoms with Crippen molar-refractivity contribution >= 4 is 23.2 Å². The molecule has 0 unspecified atom stereocenters. The zero-order valence-corrected chi connectivity index (χ0v) is 13.3. The van der Waals surface area contributed by atoms with E-state index in [4.69, 9.17) is 0 Å². The summed E-state index contributed by atoms with van der Waals surface area (Å²) in [5.41, 5.74) is 0.154. The highest BCUT2D eigenvalue weighted by atomic mass is 32.1. The van der Waals surface area contributed by atoms with Crippen molar-refractivity contribution in [3.63, 3.8) is 0 Å². The molecule has 6 heteroatoms. The third kappa shape index (κ3) is 3.17. The van der Waals surface area contributed by atoms with Gasteiger partial charge >= 0.3 is 0 Å². The van der Waals surface area contributed by atoms with Crippen molar-refractivity contribution in [2.45, 2.75) is 27.7 Å². The lowest BCUT2D eigenvalue weighted by Gasteiger charge is -2.37. The number of thiazole rings is 1. The van der Waals surface area contributed by atoms with E-state index in [1.54, 1.807) is 10.3 Å². The second-order valence-corrected chi connectivity index (χ2v) is 7.15. The van der Waals surface area contributed by atoms with Crippen molar-refractivity contribution in [2.75, 3.05) is 26.2 Å². The fourth-order valence-corrected chi connectivity index (χ4v) is 2.80. The van der Waals surface area contributed by atoms with Crippen molar-refractivity contribution in [3.05, 3.63) is 16.1 Å².